The van der Waals surface area contributed by atoms with E-state index in [4.69, 9.17) is 9.47 Å². The number of carbonyl (C=O) groups is 1. The average molecular weight is 487 g/mol. The third kappa shape index (κ3) is 5.87. The largest absolute Gasteiger partial charge is 0.629 e. The van der Waals surface area contributed by atoms with Crippen molar-refractivity contribution in [3.63, 3.8) is 0 Å². The normalized spacial score (nSPS) is 26.3. The Hall–Kier alpha value is -0.890. The van der Waals surface area contributed by atoms with Gasteiger partial charge in [0, 0.05) is 20.0 Å². The number of esters is 1. The summed E-state index contributed by atoms with van der Waals surface area (Å²) in [7, 11) is 0. The van der Waals surface area contributed by atoms with Gasteiger partial charge in [0.1, 0.15) is 11.7 Å². The summed E-state index contributed by atoms with van der Waals surface area (Å²) in [5.74, 6) is -0.440. The molecule has 2 rings (SSSR count). The van der Waals surface area contributed by atoms with Crippen LogP contribution in [0.2, 0.25) is 0 Å². The fourth-order valence-corrected chi connectivity index (χ4v) is 4.65. The molecule has 2 heterocycles. The van der Waals surface area contributed by atoms with Crippen LogP contribution in [0.4, 0.5) is 0 Å². The highest BCUT2D eigenvalue weighted by atomic mass is 79.9. The lowest BCUT2D eigenvalue weighted by Crippen LogP contribution is -3.10. The van der Waals surface area contributed by atoms with Gasteiger partial charge in [0.15, 0.2) is 6.10 Å². The van der Waals surface area contributed by atoms with E-state index in [2.05, 4.69) is 34.7 Å². The van der Waals surface area contributed by atoms with Crippen LogP contribution in [-0.4, -0.2) is 47.8 Å². The van der Waals surface area contributed by atoms with Crippen molar-refractivity contribution in [1.29, 1.82) is 0 Å². The van der Waals surface area contributed by atoms with Gasteiger partial charge in [-0.3, -0.25) is 0 Å². The SMILES string of the molecule is CC1=C(Br)C(N2CCC(C)(C)CC2)=C([C@H](OC(C)(C)C)C(=O)OC(C)C)C(C)[NH+]1[O-]. The van der Waals surface area contributed by atoms with Crippen molar-refractivity contribution in [3.05, 3.63) is 26.7 Å². The van der Waals surface area contributed by atoms with Crippen LogP contribution < -0.4 is 5.06 Å². The van der Waals surface area contributed by atoms with Crippen LogP contribution in [0.15, 0.2) is 21.4 Å². The molecule has 0 amide bonds. The number of hydroxylamine groups is 2. The lowest BCUT2D eigenvalue weighted by Gasteiger charge is -2.45. The van der Waals surface area contributed by atoms with Gasteiger partial charge in [-0.2, -0.15) is 0 Å². The first-order valence-corrected chi connectivity index (χ1v) is 11.7. The smallest absolute Gasteiger partial charge is 0.340 e. The highest BCUT2D eigenvalue weighted by Crippen LogP contribution is 2.39. The van der Waals surface area contributed by atoms with Gasteiger partial charge in [-0.05, 0) is 75.7 Å². The maximum absolute atomic E-state index is 13.2. The van der Waals surface area contributed by atoms with E-state index >= 15 is 0 Å². The highest BCUT2D eigenvalue weighted by Gasteiger charge is 2.43. The van der Waals surface area contributed by atoms with Gasteiger partial charge in [-0.1, -0.05) is 13.8 Å². The molecular formula is C23H39BrN2O4. The summed E-state index contributed by atoms with van der Waals surface area (Å²) in [6.45, 7) is 19.4. The molecule has 172 valence electrons. The number of allylic oxidation sites excluding steroid dienone is 2. The minimum atomic E-state index is -0.933. The number of hydrogen-bond donors (Lipinski definition) is 1. The maximum atomic E-state index is 13.2. The van der Waals surface area contributed by atoms with Gasteiger partial charge < -0.3 is 24.6 Å². The van der Waals surface area contributed by atoms with E-state index in [9.17, 15) is 10.0 Å². The van der Waals surface area contributed by atoms with Crippen molar-refractivity contribution in [2.24, 2.45) is 5.41 Å². The van der Waals surface area contributed by atoms with Crippen molar-refractivity contribution in [3.8, 4) is 0 Å². The summed E-state index contributed by atoms with van der Waals surface area (Å²) in [6, 6.07) is -0.455. The average Bonchev–Trinajstić information content (AvgIpc) is 2.60. The van der Waals surface area contributed by atoms with Crippen molar-refractivity contribution in [2.45, 2.75) is 99.0 Å². The molecule has 1 fully saturated rings. The zero-order valence-electron chi connectivity index (χ0n) is 20.0. The Morgan fingerprint density at radius 2 is 1.80 bits per heavy atom. The second-order valence-electron chi connectivity index (χ2n) is 10.6. The monoisotopic (exact) mass is 486 g/mol. The second kappa shape index (κ2) is 9.31. The Balaban J connectivity index is 2.62. The summed E-state index contributed by atoms with van der Waals surface area (Å²) in [4.78, 5) is 15.5. The minimum Gasteiger partial charge on any atom is -0.629 e. The van der Waals surface area contributed by atoms with E-state index in [-0.39, 0.29) is 16.6 Å². The zero-order chi connectivity index (χ0) is 23.0. The number of likely N-dealkylation sites (tertiary alicyclic amines) is 1. The van der Waals surface area contributed by atoms with Gasteiger partial charge in [0.2, 0.25) is 0 Å². The van der Waals surface area contributed by atoms with Crippen molar-refractivity contribution >= 4 is 21.9 Å². The standard InChI is InChI=1S/C23H39BrN2O4/c1-14(2)29-21(27)20(30-22(5,6)7)17-15(3)26(28)16(4)18(24)19(17)25-12-10-23(8,9)11-13-25/h14-15,20,26H,10-13H2,1-9H3/t15?,20-/m0/s1. The molecule has 1 saturated heterocycles. The fraction of sp³-hybridized carbons (Fsp3) is 0.783. The quantitative estimate of drug-likeness (QED) is 0.471. The lowest BCUT2D eigenvalue weighted by atomic mass is 9.82. The lowest BCUT2D eigenvalue weighted by molar-refractivity contribution is -0.828. The third-order valence-electron chi connectivity index (χ3n) is 5.79. The first-order valence-electron chi connectivity index (χ1n) is 10.9. The van der Waals surface area contributed by atoms with Crippen LogP contribution in [0.3, 0.4) is 0 Å². The van der Waals surface area contributed by atoms with Crippen LogP contribution in [0, 0.1) is 10.6 Å². The maximum Gasteiger partial charge on any atom is 0.340 e. The number of nitrogens with zero attached hydrogens (tertiary/aromatic N) is 1. The Labute approximate surface area is 190 Å². The number of piperidine rings is 1. The molecule has 2 unspecified atom stereocenters. The molecule has 0 spiro atoms. The molecule has 3 atom stereocenters. The predicted molar refractivity (Wildman–Crippen MR) is 123 cm³/mol. The van der Waals surface area contributed by atoms with Gasteiger partial charge in [-0.25, -0.2) is 4.79 Å². The fourth-order valence-electron chi connectivity index (χ4n) is 3.98. The zero-order valence-corrected chi connectivity index (χ0v) is 21.6. The molecule has 2 aliphatic rings. The molecule has 7 heteroatoms. The van der Waals surface area contributed by atoms with E-state index < -0.39 is 23.7 Å². The number of carbonyl (C=O) groups excluding carboxylic acids is 1. The van der Waals surface area contributed by atoms with Crippen molar-refractivity contribution in [2.75, 3.05) is 13.1 Å². The van der Waals surface area contributed by atoms with E-state index in [1.54, 1.807) is 0 Å². The summed E-state index contributed by atoms with van der Waals surface area (Å²) >= 11 is 3.69. The van der Waals surface area contributed by atoms with Crippen LogP contribution in [-0.2, 0) is 14.3 Å². The molecule has 30 heavy (non-hydrogen) atoms. The molecule has 0 aromatic carbocycles. The van der Waals surface area contributed by atoms with E-state index in [1.807, 2.05) is 48.5 Å². The van der Waals surface area contributed by atoms with Crippen LogP contribution >= 0.6 is 15.9 Å². The highest BCUT2D eigenvalue weighted by molar-refractivity contribution is 9.12. The van der Waals surface area contributed by atoms with Gasteiger partial charge in [0.25, 0.3) is 0 Å². The Bertz CT molecular complexity index is 711. The summed E-state index contributed by atoms with van der Waals surface area (Å²) in [5.41, 5.74) is 2.03. The molecule has 6 nitrogen and oxygen atoms in total. The predicted octanol–water partition coefficient (Wildman–Crippen LogP) is 3.91. The van der Waals surface area contributed by atoms with E-state index in [0.29, 0.717) is 11.3 Å². The molecule has 0 aromatic heterocycles. The molecule has 1 N–H and O–H groups in total. The third-order valence-corrected chi connectivity index (χ3v) is 6.76. The molecule has 0 aromatic rings. The summed E-state index contributed by atoms with van der Waals surface area (Å²) < 4.78 is 12.6. The van der Waals surface area contributed by atoms with E-state index in [1.165, 1.54) is 0 Å². The number of halogens is 1. The second-order valence-corrected chi connectivity index (χ2v) is 11.4. The number of ether oxygens (including phenoxy) is 2. The van der Waals surface area contributed by atoms with Crippen LogP contribution in [0.1, 0.15) is 75.2 Å². The summed E-state index contributed by atoms with van der Waals surface area (Å²) in [6.07, 6.45) is 0.898. The van der Waals surface area contributed by atoms with Gasteiger partial charge >= 0.3 is 5.97 Å². The van der Waals surface area contributed by atoms with Crippen LogP contribution in [0.25, 0.3) is 0 Å². The van der Waals surface area contributed by atoms with Crippen LogP contribution in [0.5, 0.6) is 0 Å². The summed E-state index contributed by atoms with van der Waals surface area (Å²) in [5, 5.41) is 13.1. The number of rotatable bonds is 5. The molecule has 0 aliphatic carbocycles. The van der Waals surface area contributed by atoms with Crippen molar-refractivity contribution < 1.29 is 19.3 Å². The topological polar surface area (TPSA) is 66.3 Å². The molecule has 0 radical (unpaired) electrons. The number of hydrogen-bond acceptors (Lipinski definition) is 5. The molecule has 0 saturated carbocycles. The first-order chi connectivity index (χ1) is 13.6. The first kappa shape index (κ1) is 25.4. The number of quaternary nitrogens is 1. The Morgan fingerprint density at radius 3 is 2.27 bits per heavy atom. The Morgan fingerprint density at radius 1 is 1.27 bits per heavy atom. The number of nitrogens with one attached hydrogen (secondary N) is 1. The molecule has 2 aliphatic heterocycles. The van der Waals surface area contributed by atoms with Gasteiger partial charge in [0.05, 0.1) is 27.5 Å². The minimum absolute atomic E-state index is 0.0119. The molecular weight excluding hydrogens is 448 g/mol. The van der Waals surface area contributed by atoms with E-state index in [0.717, 1.165) is 36.1 Å². The Kier molecular flexibility index (Phi) is 7.87. The molecule has 0 bridgehead atoms. The van der Waals surface area contributed by atoms with Gasteiger partial charge in [-0.15, -0.1) is 0 Å². The van der Waals surface area contributed by atoms with Crippen molar-refractivity contribution in [1.82, 2.24) is 4.90 Å².